The second-order valence-electron chi connectivity index (χ2n) is 5.88. The fourth-order valence-electron chi connectivity index (χ4n) is 1.88. The molecular formula is C17H26N4O3. The molecule has 1 aromatic rings. The van der Waals surface area contributed by atoms with Crippen molar-refractivity contribution in [2.75, 3.05) is 23.7 Å². The monoisotopic (exact) mass is 334 g/mol. The van der Waals surface area contributed by atoms with Gasteiger partial charge in [-0.25, -0.2) is 4.79 Å². The zero-order valence-electron chi connectivity index (χ0n) is 14.4. The highest BCUT2D eigenvalue weighted by molar-refractivity contribution is 5.93. The number of amides is 4. The summed E-state index contributed by atoms with van der Waals surface area (Å²) in [5.74, 6) is 0.0286. The van der Waals surface area contributed by atoms with Crippen molar-refractivity contribution in [3.05, 3.63) is 24.3 Å². The maximum atomic E-state index is 11.7. The fraction of sp³-hybridized carbons (Fsp3) is 0.471. The lowest BCUT2D eigenvalue weighted by molar-refractivity contribution is -0.120. The summed E-state index contributed by atoms with van der Waals surface area (Å²) in [4.78, 5) is 34.8. The molecule has 24 heavy (non-hydrogen) atoms. The van der Waals surface area contributed by atoms with Gasteiger partial charge in [0.05, 0.1) is 6.54 Å². The minimum Gasteiger partial charge on any atom is -0.355 e. The quantitative estimate of drug-likeness (QED) is 0.587. The molecule has 0 unspecified atom stereocenters. The Morgan fingerprint density at radius 2 is 1.50 bits per heavy atom. The van der Waals surface area contributed by atoms with Gasteiger partial charge in [0.2, 0.25) is 11.8 Å². The van der Waals surface area contributed by atoms with Gasteiger partial charge in [-0.2, -0.15) is 0 Å². The molecule has 0 heterocycles. The summed E-state index contributed by atoms with van der Waals surface area (Å²) in [7, 11) is 0. The zero-order chi connectivity index (χ0) is 17.9. The largest absolute Gasteiger partial charge is 0.355 e. The first-order chi connectivity index (χ1) is 11.4. The van der Waals surface area contributed by atoms with Crippen LogP contribution in [0.3, 0.4) is 0 Å². The van der Waals surface area contributed by atoms with Crippen LogP contribution in [0.4, 0.5) is 16.2 Å². The number of carbonyl (C=O) groups excluding carboxylic acids is 3. The highest BCUT2D eigenvalue weighted by Gasteiger charge is 2.07. The van der Waals surface area contributed by atoms with Gasteiger partial charge >= 0.3 is 6.03 Å². The molecule has 0 aliphatic rings. The lowest BCUT2D eigenvalue weighted by Crippen LogP contribution is -2.39. The summed E-state index contributed by atoms with van der Waals surface area (Å²) in [6, 6.07) is 6.32. The molecule has 0 saturated heterocycles. The maximum Gasteiger partial charge on any atom is 0.319 e. The van der Waals surface area contributed by atoms with Crippen LogP contribution in [0.2, 0.25) is 0 Å². The van der Waals surface area contributed by atoms with E-state index in [1.165, 1.54) is 0 Å². The molecule has 0 atom stereocenters. The molecule has 0 saturated carbocycles. The minimum absolute atomic E-state index is 0.0402. The number of carbonyl (C=O) groups is 3. The van der Waals surface area contributed by atoms with E-state index in [9.17, 15) is 14.4 Å². The van der Waals surface area contributed by atoms with Gasteiger partial charge in [0.15, 0.2) is 0 Å². The molecule has 1 aromatic carbocycles. The Bertz CT molecular complexity index is 555. The molecule has 4 N–H and O–H groups in total. The van der Waals surface area contributed by atoms with Crippen LogP contribution >= 0.6 is 0 Å². The van der Waals surface area contributed by atoms with Crippen molar-refractivity contribution < 1.29 is 14.4 Å². The van der Waals surface area contributed by atoms with Crippen LogP contribution in [0.25, 0.3) is 0 Å². The Hall–Kier alpha value is -2.57. The molecule has 0 aliphatic heterocycles. The molecule has 7 nitrogen and oxygen atoms in total. The van der Waals surface area contributed by atoms with E-state index in [1.54, 1.807) is 24.3 Å². The Morgan fingerprint density at radius 1 is 0.917 bits per heavy atom. The number of hydrogen-bond donors (Lipinski definition) is 4. The van der Waals surface area contributed by atoms with E-state index in [1.807, 2.05) is 20.8 Å². The van der Waals surface area contributed by atoms with Gasteiger partial charge in [-0.1, -0.05) is 20.8 Å². The standard InChI is InChI=1S/C17H26N4O3/c1-4-9-18-16(23)11-19-17(24)21-14-7-5-13(6-8-14)20-15(22)10-12(2)3/h5-8,12H,4,9-11H2,1-3H3,(H,18,23)(H,20,22)(H2,19,21,24). The Balaban J connectivity index is 2.39. The molecule has 0 aromatic heterocycles. The van der Waals surface area contributed by atoms with Gasteiger partial charge in [0.25, 0.3) is 0 Å². The summed E-state index contributed by atoms with van der Waals surface area (Å²) in [6.45, 7) is 6.43. The van der Waals surface area contributed by atoms with Crippen LogP contribution in [-0.2, 0) is 9.59 Å². The number of benzene rings is 1. The molecule has 7 heteroatoms. The number of hydrogen-bond acceptors (Lipinski definition) is 3. The third-order valence-electron chi connectivity index (χ3n) is 3.00. The first kappa shape index (κ1) is 19.5. The third-order valence-corrected chi connectivity index (χ3v) is 3.00. The first-order valence-electron chi connectivity index (χ1n) is 8.12. The van der Waals surface area contributed by atoms with Crippen molar-refractivity contribution in [3.8, 4) is 0 Å². The van der Waals surface area contributed by atoms with Crippen LogP contribution in [0.5, 0.6) is 0 Å². The number of nitrogens with one attached hydrogen (secondary N) is 4. The SMILES string of the molecule is CCCNC(=O)CNC(=O)Nc1ccc(NC(=O)CC(C)C)cc1. The minimum atomic E-state index is -0.460. The van der Waals surface area contributed by atoms with Gasteiger partial charge in [-0.05, 0) is 36.6 Å². The normalized spacial score (nSPS) is 10.2. The van der Waals surface area contributed by atoms with E-state index in [0.29, 0.717) is 30.3 Å². The van der Waals surface area contributed by atoms with E-state index in [-0.39, 0.29) is 18.4 Å². The van der Waals surface area contributed by atoms with E-state index in [0.717, 1.165) is 6.42 Å². The first-order valence-corrected chi connectivity index (χ1v) is 8.12. The molecule has 1 rings (SSSR count). The van der Waals surface area contributed by atoms with Crippen molar-refractivity contribution in [1.82, 2.24) is 10.6 Å². The average molecular weight is 334 g/mol. The van der Waals surface area contributed by atoms with Crippen LogP contribution in [0.15, 0.2) is 24.3 Å². The lowest BCUT2D eigenvalue weighted by atomic mass is 10.1. The van der Waals surface area contributed by atoms with Crippen molar-refractivity contribution >= 4 is 29.2 Å². The smallest absolute Gasteiger partial charge is 0.319 e. The van der Waals surface area contributed by atoms with E-state index >= 15 is 0 Å². The second-order valence-corrected chi connectivity index (χ2v) is 5.88. The topological polar surface area (TPSA) is 99.3 Å². The van der Waals surface area contributed by atoms with Gasteiger partial charge in [-0.15, -0.1) is 0 Å². The predicted octanol–water partition coefficient (Wildman–Crippen LogP) is 2.32. The summed E-state index contributed by atoms with van der Waals surface area (Å²) in [6.07, 6.45) is 1.31. The van der Waals surface area contributed by atoms with Gasteiger partial charge < -0.3 is 21.3 Å². The van der Waals surface area contributed by atoms with Crippen molar-refractivity contribution in [3.63, 3.8) is 0 Å². The third kappa shape index (κ3) is 8.17. The molecule has 0 spiro atoms. The Labute approximate surface area is 142 Å². The number of anilines is 2. The predicted molar refractivity (Wildman–Crippen MR) is 94.8 cm³/mol. The van der Waals surface area contributed by atoms with Crippen molar-refractivity contribution in [2.45, 2.75) is 33.6 Å². The number of rotatable bonds is 8. The Morgan fingerprint density at radius 3 is 2.04 bits per heavy atom. The van der Waals surface area contributed by atoms with Crippen LogP contribution in [0, 0.1) is 5.92 Å². The van der Waals surface area contributed by atoms with Crippen LogP contribution in [0.1, 0.15) is 33.6 Å². The molecule has 0 aliphatic carbocycles. The number of urea groups is 1. The maximum absolute atomic E-state index is 11.7. The molecule has 0 radical (unpaired) electrons. The van der Waals surface area contributed by atoms with Crippen molar-refractivity contribution in [1.29, 1.82) is 0 Å². The highest BCUT2D eigenvalue weighted by atomic mass is 16.2. The van der Waals surface area contributed by atoms with E-state index in [4.69, 9.17) is 0 Å². The molecule has 4 amide bonds. The van der Waals surface area contributed by atoms with Crippen molar-refractivity contribution in [2.24, 2.45) is 5.92 Å². The molecular weight excluding hydrogens is 308 g/mol. The van der Waals surface area contributed by atoms with Gasteiger partial charge in [-0.3, -0.25) is 9.59 Å². The van der Waals surface area contributed by atoms with E-state index < -0.39 is 6.03 Å². The van der Waals surface area contributed by atoms with E-state index in [2.05, 4.69) is 21.3 Å². The summed E-state index contributed by atoms with van der Waals surface area (Å²) in [5, 5.41) is 10.6. The highest BCUT2D eigenvalue weighted by Crippen LogP contribution is 2.14. The lowest BCUT2D eigenvalue weighted by Gasteiger charge is -2.10. The zero-order valence-corrected chi connectivity index (χ0v) is 14.4. The van der Waals surface area contributed by atoms with Crippen LogP contribution < -0.4 is 21.3 Å². The summed E-state index contributed by atoms with van der Waals surface area (Å²) >= 11 is 0. The summed E-state index contributed by atoms with van der Waals surface area (Å²) in [5.41, 5.74) is 1.24. The average Bonchev–Trinajstić information content (AvgIpc) is 2.52. The van der Waals surface area contributed by atoms with Gasteiger partial charge in [0.1, 0.15) is 0 Å². The molecule has 132 valence electrons. The van der Waals surface area contributed by atoms with Gasteiger partial charge in [0, 0.05) is 24.3 Å². The second kappa shape index (κ2) is 10.3. The summed E-state index contributed by atoms with van der Waals surface area (Å²) < 4.78 is 0. The molecule has 0 bridgehead atoms. The Kier molecular flexibility index (Phi) is 8.32. The van der Waals surface area contributed by atoms with Crippen LogP contribution in [-0.4, -0.2) is 30.9 Å². The molecule has 0 fully saturated rings. The fourth-order valence-corrected chi connectivity index (χ4v) is 1.88.